The molecule has 0 heterocycles. The highest BCUT2D eigenvalue weighted by Gasteiger charge is 2.36. The lowest BCUT2D eigenvalue weighted by Crippen LogP contribution is -2.33. The topological polar surface area (TPSA) is 0 Å². The Kier molecular flexibility index (Phi) is 8.22. The molecular weight excluding hydrogens is 264 g/mol. The van der Waals surface area contributed by atoms with Crippen molar-refractivity contribution in [2.75, 3.05) is 0 Å². The number of hydrogen-bond donors (Lipinski definition) is 0. The van der Waals surface area contributed by atoms with E-state index in [0.29, 0.717) is 5.41 Å². The van der Waals surface area contributed by atoms with Gasteiger partial charge in [0, 0.05) is 0 Å². The van der Waals surface area contributed by atoms with Crippen molar-refractivity contribution in [3.8, 4) is 0 Å². The van der Waals surface area contributed by atoms with Crippen LogP contribution in [0.15, 0.2) is 12.2 Å². The van der Waals surface area contributed by atoms with Gasteiger partial charge in [-0.3, -0.25) is 0 Å². The van der Waals surface area contributed by atoms with Gasteiger partial charge in [0.1, 0.15) is 0 Å². The zero-order valence-electron chi connectivity index (χ0n) is 16.4. The molecule has 1 rings (SSSR count). The molecule has 0 aliphatic heterocycles. The third-order valence-electron chi connectivity index (χ3n) is 6.23. The minimum absolute atomic E-state index is 0.577. The monoisotopic (exact) mass is 306 g/mol. The molecule has 0 amide bonds. The van der Waals surface area contributed by atoms with Gasteiger partial charge in [0.15, 0.2) is 0 Å². The van der Waals surface area contributed by atoms with Crippen molar-refractivity contribution in [2.45, 2.75) is 99.3 Å². The number of hydrogen-bond acceptors (Lipinski definition) is 0. The maximum absolute atomic E-state index is 4.04. The lowest BCUT2D eigenvalue weighted by atomic mass is 9.62. The Morgan fingerprint density at radius 2 is 1.77 bits per heavy atom. The Morgan fingerprint density at radius 3 is 2.36 bits per heavy atom. The molecule has 0 bridgehead atoms. The Bertz CT molecular complexity index is 325. The van der Waals surface area contributed by atoms with Crippen LogP contribution >= 0.6 is 0 Å². The SMILES string of the molecule is C=C(C)CC(C)CCCC(C)CCC1C(C)CCCC1(C)C. The summed E-state index contributed by atoms with van der Waals surface area (Å²) < 4.78 is 0. The maximum atomic E-state index is 4.04. The summed E-state index contributed by atoms with van der Waals surface area (Å²) in [5, 5.41) is 0. The first kappa shape index (κ1) is 19.8. The molecule has 0 aromatic rings. The highest BCUT2D eigenvalue weighted by Crippen LogP contribution is 2.46. The van der Waals surface area contributed by atoms with Crippen molar-refractivity contribution >= 4 is 0 Å². The summed E-state index contributed by atoms with van der Waals surface area (Å²) in [4.78, 5) is 0. The van der Waals surface area contributed by atoms with E-state index in [1.54, 1.807) is 0 Å². The molecule has 1 aliphatic rings. The van der Waals surface area contributed by atoms with E-state index in [4.69, 9.17) is 0 Å². The van der Waals surface area contributed by atoms with E-state index in [1.165, 1.54) is 63.4 Å². The first-order chi connectivity index (χ1) is 10.2. The van der Waals surface area contributed by atoms with Crippen LogP contribution in [-0.4, -0.2) is 0 Å². The molecule has 0 nitrogen and oxygen atoms in total. The standard InChI is InChI=1S/C22H42/c1-17(2)16-19(4)11-8-10-18(3)13-14-21-20(5)12-9-15-22(21,6)7/h18-21H,1,8-16H2,2-7H3. The van der Waals surface area contributed by atoms with Gasteiger partial charge in [0.05, 0.1) is 0 Å². The molecule has 4 atom stereocenters. The van der Waals surface area contributed by atoms with Gasteiger partial charge in [-0.05, 0) is 55.3 Å². The molecule has 0 heteroatoms. The largest absolute Gasteiger partial charge is 0.100 e. The van der Waals surface area contributed by atoms with Crippen LogP contribution in [0.2, 0.25) is 0 Å². The van der Waals surface area contributed by atoms with Crippen LogP contribution in [0.4, 0.5) is 0 Å². The normalized spacial score (nSPS) is 27.4. The van der Waals surface area contributed by atoms with Crippen LogP contribution in [0.3, 0.4) is 0 Å². The summed E-state index contributed by atoms with van der Waals surface area (Å²) in [7, 11) is 0. The quantitative estimate of drug-likeness (QED) is 0.384. The predicted octanol–water partition coefficient (Wildman–Crippen LogP) is 7.64. The lowest BCUT2D eigenvalue weighted by Gasteiger charge is -2.43. The molecule has 0 radical (unpaired) electrons. The van der Waals surface area contributed by atoms with Crippen LogP contribution in [0.5, 0.6) is 0 Å². The van der Waals surface area contributed by atoms with Crippen molar-refractivity contribution in [1.29, 1.82) is 0 Å². The summed E-state index contributed by atoms with van der Waals surface area (Å²) in [6.07, 6.45) is 12.6. The highest BCUT2D eigenvalue weighted by molar-refractivity contribution is 4.89. The zero-order valence-corrected chi connectivity index (χ0v) is 16.4. The first-order valence-corrected chi connectivity index (χ1v) is 9.86. The Hall–Kier alpha value is -0.260. The van der Waals surface area contributed by atoms with Gasteiger partial charge >= 0.3 is 0 Å². The minimum atomic E-state index is 0.577. The predicted molar refractivity (Wildman–Crippen MR) is 101 cm³/mol. The maximum Gasteiger partial charge on any atom is -0.0300 e. The Balaban J connectivity index is 2.24. The summed E-state index contributed by atoms with van der Waals surface area (Å²) in [6, 6.07) is 0. The van der Waals surface area contributed by atoms with Crippen molar-refractivity contribution < 1.29 is 0 Å². The van der Waals surface area contributed by atoms with Gasteiger partial charge in [-0.15, -0.1) is 6.58 Å². The van der Waals surface area contributed by atoms with E-state index in [1.807, 2.05) is 0 Å². The molecular formula is C22H42. The first-order valence-electron chi connectivity index (χ1n) is 9.86. The fourth-order valence-corrected chi connectivity index (χ4v) is 4.83. The van der Waals surface area contributed by atoms with Gasteiger partial charge in [0.25, 0.3) is 0 Å². The van der Waals surface area contributed by atoms with Crippen molar-refractivity contribution in [3.05, 3.63) is 12.2 Å². The van der Waals surface area contributed by atoms with Gasteiger partial charge in [-0.1, -0.05) is 78.7 Å². The second kappa shape index (κ2) is 9.14. The van der Waals surface area contributed by atoms with E-state index >= 15 is 0 Å². The molecule has 0 N–H and O–H groups in total. The minimum Gasteiger partial charge on any atom is -0.100 e. The van der Waals surface area contributed by atoms with E-state index in [-0.39, 0.29) is 0 Å². The molecule has 1 fully saturated rings. The third-order valence-corrected chi connectivity index (χ3v) is 6.23. The third kappa shape index (κ3) is 6.88. The Labute approximate surface area is 141 Å². The van der Waals surface area contributed by atoms with Crippen LogP contribution < -0.4 is 0 Å². The Morgan fingerprint density at radius 1 is 1.14 bits per heavy atom. The van der Waals surface area contributed by atoms with E-state index < -0.39 is 0 Å². The van der Waals surface area contributed by atoms with Crippen LogP contribution in [0.25, 0.3) is 0 Å². The molecule has 1 aliphatic carbocycles. The van der Waals surface area contributed by atoms with E-state index in [9.17, 15) is 0 Å². The molecule has 130 valence electrons. The average molecular weight is 307 g/mol. The fourth-order valence-electron chi connectivity index (χ4n) is 4.83. The smallest absolute Gasteiger partial charge is 0.0300 e. The van der Waals surface area contributed by atoms with E-state index in [2.05, 4.69) is 48.1 Å². The van der Waals surface area contributed by atoms with Crippen molar-refractivity contribution in [1.82, 2.24) is 0 Å². The molecule has 0 aromatic heterocycles. The zero-order chi connectivity index (χ0) is 16.8. The van der Waals surface area contributed by atoms with Gasteiger partial charge in [0.2, 0.25) is 0 Å². The molecule has 4 unspecified atom stereocenters. The second-order valence-electron chi connectivity index (χ2n) is 9.34. The number of allylic oxidation sites excluding steroid dienone is 1. The number of rotatable bonds is 9. The molecule has 0 spiro atoms. The van der Waals surface area contributed by atoms with Crippen LogP contribution in [-0.2, 0) is 0 Å². The molecule has 22 heavy (non-hydrogen) atoms. The van der Waals surface area contributed by atoms with E-state index in [0.717, 1.165) is 23.7 Å². The summed E-state index contributed by atoms with van der Waals surface area (Å²) in [5.41, 5.74) is 1.92. The molecule has 0 saturated heterocycles. The lowest BCUT2D eigenvalue weighted by molar-refractivity contribution is 0.0706. The summed E-state index contributed by atoms with van der Waals surface area (Å²) >= 11 is 0. The molecule has 0 aromatic carbocycles. The summed E-state index contributed by atoms with van der Waals surface area (Å²) in [5.74, 6) is 3.61. The van der Waals surface area contributed by atoms with Crippen molar-refractivity contribution in [3.63, 3.8) is 0 Å². The van der Waals surface area contributed by atoms with Gasteiger partial charge in [-0.2, -0.15) is 0 Å². The summed E-state index contributed by atoms with van der Waals surface area (Å²) in [6.45, 7) is 18.6. The second-order valence-corrected chi connectivity index (χ2v) is 9.34. The molecule has 1 saturated carbocycles. The highest BCUT2D eigenvalue weighted by atomic mass is 14.4. The fraction of sp³-hybridized carbons (Fsp3) is 0.909. The van der Waals surface area contributed by atoms with Crippen molar-refractivity contribution in [2.24, 2.45) is 29.1 Å². The average Bonchev–Trinajstić information content (AvgIpc) is 2.36. The van der Waals surface area contributed by atoms with Gasteiger partial charge in [-0.25, -0.2) is 0 Å². The van der Waals surface area contributed by atoms with Gasteiger partial charge < -0.3 is 0 Å². The van der Waals surface area contributed by atoms with Crippen LogP contribution in [0.1, 0.15) is 99.3 Å². The van der Waals surface area contributed by atoms with Crippen LogP contribution in [0, 0.1) is 29.1 Å².